The third-order valence-corrected chi connectivity index (χ3v) is 6.11. The van der Waals surface area contributed by atoms with Gasteiger partial charge in [-0.05, 0) is 57.7 Å². The summed E-state index contributed by atoms with van der Waals surface area (Å²) >= 11 is 6.45. The summed E-state index contributed by atoms with van der Waals surface area (Å²) < 4.78 is 5.73. The maximum Gasteiger partial charge on any atom is 0.120 e. The van der Waals surface area contributed by atoms with Gasteiger partial charge in [0.15, 0.2) is 0 Å². The lowest BCUT2D eigenvalue weighted by Crippen LogP contribution is -2.47. The van der Waals surface area contributed by atoms with Crippen LogP contribution >= 0.6 is 11.6 Å². The predicted octanol–water partition coefficient (Wildman–Crippen LogP) is 6.72. The molecule has 188 valence electrons. The highest BCUT2D eigenvalue weighted by Gasteiger charge is 2.30. The molecule has 0 aromatic rings. The molecule has 0 aliphatic heterocycles. The minimum atomic E-state index is -0.494. The molecular formula is C27H51ClN2O2. The van der Waals surface area contributed by atoms with E-state index in [0.29, 0.717) is 0 Å². The van der Waals surface area contributed by atoms with E-state index in [1.165, 1.54) is 18.4 Å². The van der Waals surface area contributed by atoms with Crippen LogP contribution in [-0.4, -0.2) is 42.5 Å². The van der Waals surface area contributed by atoms with Crippen molar-refractivity contribution in [2.75, 3.05) is 13.7 Å². The summed E-state index contributed by atoms with van der Waals surface area (Å²) in [4.78, 5) is 0. The van der Waals surface area contributed by atoms with Crippen molar-refractivity contribution in [3.8, 4) is 0 Å². The van der Waals surface area contributed by atoms with Gasteiger partial charge in [-0.2, -0.15) is 0 Å². The number of alkyl halides is 1. The predicted molar refractivity (Wildman–Crippen MR) is 143 cm³/mol. The van der Waals surface area contributed by atoms with E-state index >= 15 is 0 Å². The molecule has 32 heavy (non-hydrogen) atoms. The Balaban J connectivity index is 0. The molecule has 0 fully saturated rings. The van der Waals surface area contributed by atoms with Crippen molar-refractivity contribution < 1.29 is 9.84 Å². The highest BCUT2D eigenvalue weighted by atomic mass is 35.5. The molecule has 5 heteroatoms. The zero-order chi connectivity index (χ0) is 25.1. The van der Waals surface area contributed by atoms with Crippen LogP contribution in [0, 0.1) is 5.92 Å². The molecule has 0 spiro atoms. The molecular weight excluding hydrogens is 420 g/mol. The number of unbranched alkanes of at least 4 members (excludes halogenated alkanes) is 2. The first-order valence-electron chi connectivity index (χ1n) is 12.2. The highest BCUT2D eigenvalue weighted by Crippen LogP contribution is 2.23. The van der Waals surface area contributed by atoms with Gasteiger partial charge in [-0.15, -0.1) is 13.2 Å². The first kappa shape index (κ1) is 33.1. The van der Waals surface area contributed by atoms with Gasteiger partial charge in [-0.3, -0.25) is 0 Å². The summed E-state index contributed by atoms with van der Waals surface area (Å²) in [5.41, 5.74) is 2.96. The Morgan fingerprint density at radius 1 is 1.16 bits per heavy atom. The Hall–Kier alpha value is -1.07. The second-order valence-electron chi connectivity index (χ2n) is 8.16. The van der Waals surface area contributed by atoms with Crippen molar-refractivity contribution in [2.45, 2.75) is 104 Å². The van der Waals surface area contributed by atoms with Crippen LogP contribution in [0.1, 0.15) is 80.6 Å². The van der Waals surface area contributed by atoms with Crippen molar-refractivity contribution in [1.82, 2.24) is 10.6 Å². The number of hydrogen-bond donors (Lipinski definition) is 3. The molecule has 0 amide bonds. The van der Waals surface area contributed by atoms with Crippen molar-refractivity contribution >= 4 is 11.6 Å². The molecule has 0 rings (SSSR count). The lowest BCUT2D eigenvalue weighted by molar-refractivity contribution is 0.0679. The zero-order valence-electron chi connectivity index (χ0n) is 22.0. The van der Waals surface area contributed by atoms with E-state index in [1.54, 1.807) is 7.11 Å². The van der Waals surface area contributed by atoms with Gasteiger partial charge in [0.05, 0.1) is 18.2 Å². The molecule has 0 aromatic carbocycles. The molecule has 0 saturated carbocycles. The molecule has 4 nitrogen and oxygen atoms in total. The van der Waals surface area contributed by atoms with Crippen LogP contribution in [0.3, 0.4) is 0 Å². The van der Waals surface area contributed by atoms with Gasteiger partial charge in [0.2, 0.25) is 0 Å². The number of ether oxygens (including phenoxy) is 1. The minimum Gasteiger partial charge on any atom is -0.391 e. The molecule has 5 unspecified atom stereocenters. The summed E-state index contributed by atoms with van der Waals surface area (Å²) in [6.45, 7) is 21.5. The molecule has 0 aliphatic carbocycles. The van der Waals surface area contributed by atoms with Crippen LogP contribution in [0.15, 0.2) is 48.2 Å². The van der Waals surface area contributed by atoms with Crippen LogP contribution in [0.25, 0.3) is 0 Å². The van der Waals surface area contributed by atoms with Gasteiger partial charge < -0.3 is 20.5 Å². The Labute approximate surface area is 204 Å². The van der Waals surface area contributed by atoms with Gasteiger partial charge >= 0.3 is 0 Å². The standard InChI is InChI=1S/C25H47ClN2O2.C2H4/c1-9-13-14-16-27-24(25(29)19(6)12-4)21(20(7)30-8)17-22(18(5)11-3)28-23(26)15-10-2;1-2/h10,15,17,19-20,23-25,27-29H,9,11-14,16H2,1-8H3;1-2H2/b15-10+,21-17+,22-18-;. The second-order valence-corrected chi connectivity index (χ2v) is 8.63. The minimum absolute atomic E-state index is 0.135. The number of halogens is 1. The molecule has 0 aromatic heterocycles. The molecule has 0 radical (unpaired) electrons. The van der Waals surface area contributed by atoms with Crippen LogP contribution in [0.5, 0.6) is 0 Å². The van der Waals surface area contributed by atoms with Crippen molar-refractivity contribution in [1.29, 1.82) is 0 Å². The summed E-state index contributed by atoms with van der Waals surface area (Å²) in [5.74, 6) is 0.178. The number of hydrogen-bond acceptors (Lipinski definition) is 4. The van der Waals surface area contributed by atoms with Gasteiger partial charge in [-0.25, -0.2) is 0 Å². The number of nitrogens with one attached hydrogen (secondary N) is 2. The van der Waals surface area contributed by atoms with Crippen LogP contribution < -0.4 is 10.6 Å². The van der Waals surface area contributed by atoms with E-state index in [-0.39, 0.29) is 23.6 Å². The summed E-state index contributed by atoms with van der Waals surface area (Å²) in [5, 5.41) is 18.2. The van der Waals surface area contributed by atoms with Crippen molar-refractivity contribution in [3.05, 3.63) is 48.2 Å². The van der Waals surface area contributed by atoms with E-state index in [2.05, 4.69) is 64.5 Å². The Morgan fingerprint density at radius 3 is 2.25 bits per heavy atom. The SMILES string of the molecule is C/C=C/C(Cl)NC(/C=C(\C(C)OC)C(NCCCCC)C(O)C(C)CC)=C(/C)CC.C=C. The first-order valence-corrected chi connectivity index (χ1v) is 12.6. The van der Waals surface area contributed by atoms with E-state index in [9.17, 15) is 5.11 Å². The molecule has 3 N–H and O–H groups in total. The quantitative estimate of drug-likeness (QED) is 0.0770. The summed E-state index contributed by atoms with van der Waals surface area (Å²) in [6.07, 6.45) is 10.6. The molecule has 5 atom stereocenters. The molecule has 0 saturated heterocycles. The van der Waals surface area contributed by atoms with Crippen LogP contribution in [0.4, 0.5) is 0 Å². The molecule has 0 aliphatic rings. The topological polar surface area (TPSA) is 53.5 Å². The average molecular weight is 471 g/mol. The van der Waals surface area contributed by atoms with Gasteiger partial charge in [0.25, 0.3) is 0 Å². The van der Waals surface area contributed by atoms with Gasteiger partial charge in [0.1, 0.15) is 5.50 Å². The molecule has 0 bridgehead atoms. The average Bonchev–Trinajstić information content (AvgIpc) is 2.81. The van der Waals surface area contributed by atoms with E-state index in [1.807, 2.05) is 26.0 Å². The van der Waals surface area contributed by atoms with E-state index in [0.717, 1.165) is 37.1 Å². The fourth-order valence-electron chi connectivity index (χ4n) is 3.25. The number of rotatable bonds is 16. The highest BCUT2D eigenvalue weighted by molar-refractivity contribution is 6.21. The number of aliphatic hydroxyl groups excluding tert-OH is 1. The normalized spacial score (nSPS) is 17.6. The summed E-state index contributed by atoms with van der Waals surface area (Å²) in [6, 6.07) is -0.177. The maximum absolute atomic E-state index is 11.2. The maximum atomic E-state index is 11.2. The fourth-order valence-corrected chi connectivity index (χ4v) is 3.51. The Morgan fingerprint density at radius 2 is 1.78 bits per heavy atom. The van der Waals surface area contributed by atoms with Crippen LogP contribution in [-0.2, 0) is 4.74 Å². The van der Waals surface area contributed by atoms with E-state index < -0.39 is 6.10 Å². The van der Waals surface area contributed by atoms with Gasteiger partial charge in [0, 0.05) is 12.8 Å². The Kier molecular flexibility index (Phi) is 21.2. The van der Waals surface area contributed by atoms with Crippen molar-refractivity contribution in [2.24, 2.45) is 5.92 Å². The third-order valence-electron chi connectivity index (χ3n) is 5.85. The third kappa shape index (κ3) is 12.8. The van der Waals surface area contributed by atoms with Crippen molar-refractivity contribution in [3.63, 3.8) is 0 Å². The smallest absolute Gasteiger partial charge is 0.120 e. The largest absolute Gasteiger partial charge is 0.391 e. The second kappa shape index (κ2) is 20.5. The Bertz CT molecular complexity index is 560. The fraction of sp³-hybridized carbons (Fsp3) is 0.704. The molecule has 0 heterocycles. The van der Waals surface area contributed by atoms with Gasteiger partial charge in [-0.1, -0.05) is 76.3 Å². The first-order chi connectivity index (χ1) is 15.3. The number of aliphatic hydroxyl groups is 1. The lowest BCUT2D eigenvalue weighted by atomic mass is 9.87. The monoisotopic (exact) mass is 470 g/mol. The zero-order valence-corrected chi connectivity index (χ0v) is 22.8. The van der Waals surface area contributed by atoms with Crippen LogP contribution in [0.2, 0.25) is 0 Å². The number of allylic oxidation sites excluding steroid dienone is 3. The van der Waals surface area contributed by atoms with E-state index in [4.69, 9.17) is 16.3 Å². The summed E-state index contributed by atoms with van der Waals surface area (Å²) in [7, 11) is 1.72. The number of methoxy groups -OCH3 is 1. The lowest BCUT2D eigenvalue weighted by Gasteiger charge is -2.33.